The van der Waals surface area contributed by atoms with Crippen molar-refractivity contribution in [2.45, 2.75) is 65.4 Å². The van der Waals surface area contributed by atoms with Gasteiger partial charge in [0, 0.05) is 25.3 Å². The minimum atomic E-state index is -0.437. The number of nitrogens with zero attached hydrogens (tertiary/aromatic N) is 1. The summed E-state index contributed by atoms with van der Waals surface area (Å²) >= 11 is 0. The minimum absolute atomic E-state index is 0.184. The number of hydrogen-bond donors (Lipinski definition) is 1. The first-order chi connectivity index (χ1) is 11.4. The van der Waals surface area contributed by atoms with E-state index < -0.39 is 5.60 Å². The van der Waals surface area contributed by atoms with Gasteiger partial charge in [0.2, 0.25) is 0 Å². The van der Waals surface area contributed by atoms with Gasteiger partial charge in [0.05, 0.1) is 0 Å². The van der Waals surface area contributed by atoms with Crippen LogP contribution < -0.4 is 5.32 Å². The fourth-order valence-electron chi connectivity index (χ4n) is 3.87. The van der Waals surface area contributed by atoms with Crippen LogP contribution >= 0.6 is 0 Å². The number of hydrogen-bond acceptors (Lipinski definition) is 3. The molecular formula is C20H30N2O2. The van der Waals surface area contributed by atoms with Crippen LogP contribution in [0.1, 0.15) is 56.4 Å². The summed E-state index contributed by atoms with van der Waals surface area (Å²) in [5, 5.41) is 3.61. The highest BCUT2D eigenvalue weighted by molar-refractivity contribution is 5.69. The Morgan fingerprint density at radius 2 is 1.96 bits per heavy atom. The van der Waals surface area contributed by atoms with Gasteiger partial charge < -0.3 is 15.0 Å². The molecule has 1 N–H and O–H groups in total. The van der Waals surface area contributed by atoms with E-state index in [1.54, 1.807) is 0 Å². The number of benzene rings is 1. The lowest BCUT2D eigenvalue weighted by atomic mass is 9.88. The van der Waals surface area contributed by atoms with E-state index >= 15 is 0 Å². The fourth-order valence-corrected chi connectivity index (χ4v) is 3.87. The highest BCUT2D eigenvalue weighted by Crippen LogP contribution is 2.34. The number of anilines is 1. The lowest BCUT2D eigenvalue weighted by Gasteiger charge is -2.26. The number of fused-ring (bicyclic) bond motifs is 2. The average Bonchev–Trinajstić information content (AvgIpc) is 2.73. The van der Waals surface area contributed by atoms with Gasteiger partial charge in [0.15, 0.2) is 0 Å². The molecule has 0 aliphatic carbocycles. The maximum Gasteiger partial charge on any atom is 0.410 e. The van der Waals surface area contributed by atoms with Crippen molar-refractivity contribution in [3.8, 4) is 0 Å². The molecule has 132 valence electrons. The van der Waals surface area contributed by atoms with Crippen LogP contribution in [0.4, 0.5) is 10.5 Å². The monoisotopic (exact) mass is 330 g/mol. The van der Waals surface area contributed by atoms with Crippen molar-refractivity contribution in [1.29, 1.82) is 0 Å². The van der Waals surface area contributed by atoms with Gasteiger partial charge in [-0.3, -0.25) is 0 Å². The van der Waals surface area contributed by atoms with Crippen molar-refractivity contribution in [3.05, 3.63) is 28.3 Å². The molecule has 0 saturated heterocycles. The summed E-state index contributed by atoms with van der Waals surface area (Å²) in [6.07, 6.45) is 5.08. The van der Waals surface area contributed by atoms with Crippen LogP contribution in [-0.4, -0.2) is 36.2 Å². The molecule has 4 nitrogen and oxygen atoms in total. The number of ether oxygens (including phenoxy) is 1. The molecular weight excluding hydrogens is 300 g/mol. The van der Waals surface area contributed by atoms with Crippen molar-refractivity contribution < 1.29 is 9.53 Å². The van der Waals surface area contributed by atoms with Gasteiger partial charge in [-0.15, -0.1) is 0 Å². The highest BCUT2D eigenvalue weighted by Gasteiger charge is 2.26. The summed E-state index contributed by atoms with van der Waals surface area (Å²) in [7, 11) is 0. The van der Waals surface area contributed by atoms with Crippen molar-refractivity contribution >= 4 is 11.8 Å². The molecule has 0 saturated carbocycles. The molecule has 2 aliphatic rings. The van der Waals surface area contributed by atoms with E-state index in [-0.39, 0.29) is 6.09 Å². The summed E-state index contributed by atoms with van der Waals surface area (Å²) in [5.74, 6) is 0. The van der Waals surface area contributed by atoms with Crippen LogP contribution in [-0.2, 0) is 30.4 Å². The maximum absolute atomic E-state index is 12.4. The van der Waals surface area contributed by atoms with E-state index in [1.807, 2.05) is 25.7 Å². The number of carbonyl (C=O) groups excluding carboxylic acids is 1. The zero-order chi connectivity index (χ0) is 17.3. The molecule has 0 spiro atoms. The third-order valence-corrected chi connectivity index (χ3v) is 4.94. The van der Waals surface area contributed by atoms with E-state index in [1.165, 1.54) is 40.8 Å². The predicted octanol–water partition coefficient (Wildman–Crippen LogP) is 3.94. The third kappa shape index (κ3) is 3.52. The first kappa shape index (κ1) is 17.1. The van der Waals surface area contributed by atoms with Gasteiger partial charge in [0.25, 0.3) is 0 Å². The topological polar surface area (TPSA) is 41.6 Å². The first-order valence-electron chi connectivity index (χ1n) is 9.27. The Bertz CT molecular complexity index is 632. The molecule has 1 aromatic carbocycles. The molecule has 1 amide bonds. The summed E-state index contributed by atoms with van der Waals surface area (Å²) in [5.41, 5.74) is 6.74. The van der Waals surface area contributed by atoms with Crippen LogP contribution in [0.5, 0.6) is 0 Å². The molecule has 4 heteroatoms. The Labute approximate surface area is 145 Å². The number of amides is 1. The fraction of sp³-hybridized carbons (Fsp3) is 0.650. The van der Waals surface area contributed by atoms with Crippen molar-refractivity contribution in [3.63, 3.8) is 0 Å². The van der Waals surface area contributed by atoms with Crippen LogP contribution in [0, 0.1) is 0 Å². The zero-order valence-corrected chi connectivity index (χ0v) is 15.5. The molecule has 0 aromatic heterocycles. The number of rotatable bonds is 1. The van der Waals surface area contributed by atoms with Crippen LogP contribution in [0.25, 0.3) is 0 Å². The first-order valence-corrected chi connectivity index (χ1v) is 9.27. The third-order valence-electron chi connectivity index (χ3n) is 4.94. The second-order valence-corrected chi connectivity index (χ2v) is 7.88. The minimum Gasteiger partial charge on any atom is -0.444 e. The number of nitrogens with one attached hydrogen (secondary N) is 1. The van der Waals surface area contributed by atoms with Gasteiger partial charge in [-0.1, -0.05) is 13.0 Å². The Hall–Kier alpha value is -1.71. The Balaban J connectivity index is 1.84. The molecule has 0 fully saturated rings. The lowest BCUT2D eigenvalue weighted by molar-refractivity contribution is 0.0258. The summed E-state index contributed by atoms with van der Waals surface area (Å²) in [6, 6.07) is 2.38. The molecule has 2 aliphatic heterocycles. The molecule has 1 aromatic rings. The number of carbonyl (C=O) groups is 1. The summed E-state index contributed by atoms with van der Waals surface area (Å²) < 4.78 is 5.56. The Kier molecular flexibility index (Phi) is 4.75. The average molecular weight is 330 g/mol. The molecule has 0 unspecified atom stereocenters. The van der Waals surface area contributed by atoms with Gasteiger partial charge in [-0.25, -0.2) is 4.79 Å². The van der Waals surface area contributed by atoms with Crippen molar-refractivity contribution in [2.24, 2.45) is 0 Å². The van der Waals surface area contributed by atoms with Gasteiger partial charge in [-0.05, 0) is 75.1 Å². The molecule has 24 heavy (non-hydrogen) atoms. The Morgan fingerprint density at radius 1 is 1.21 bits per heavy atom. The van der Waals surface area contributed by atoms with Gasteiger partial charge in [0.1, 0.15) is 5.60 Å². The van der Waals surface area contributed by atoms with Crippen LogP contribution in [0.15, 0.2) is 6.07 Å². The van der Waals surface area contributed by atoms with Gasteiger partial charge in [-0.2, -0.15) is 0 Å². The normalized spacial score (nSPS) is 17.4. The molecule has 3 rings (SSSR count). The van der Waals surface area contributed by atoms with Crippen LogP contribution in [0.3, 0.4) is 0 Å². The zero-order valence-electron chi connectivity index (χ0n) is 15.5. The predicted molar refractivity (Wildman–Crippen MR) is 97.8 cm³/mol. The quantitative estimate of drug-likeness (QED) is 0.848. The summed E-state index contributed by atoms with van der Waals surface area (Å²) in [4.78, 5) is 14.3. The molecule has 0 atom stereocenters. The largest absolute Gasteiger partial charge is 0.444 e. The Morgan fingerprint density at radius 3 is 2.67 bits per heavy atom. The molecule has 0 bridgehead atoms. The van der Waals surface area contributed by atoms with E-state index in [0.29, 0.717) is 0 Å². The highest BCUT2D eigenvalue weighted by atomic mass is 16.6. The van der Waals surface area contributed by atoms with Crippen LogP contribution in [0.2, 0.25) is 0 Å². The van der Waals surface area contributed by atoms with Crippen molar-refractivity contribution in [1.82, 2.24) is 4.90 Å². The van der Waals surface area contributed by atoms with E-state index in [9.17, 15) is 4.79 Å². The smallest absolute Gasteiger partial charge is 0.410 e. The van der Waals surface area contributed by atoms with E-state index in [2.05, 4.69) is 18.3 Å². The van der Waals surface area contributed by atoms with E-state index in [0.717, 1.165) is 38.9 Å². The lowest BCUT2D eigenvalue weighted by Crippen LogP contribution is -2.38. The second kappa shape index (κ2) is 6.66. The van der Waals surface area contributed by atoms with Gasteiger partial charge >= 0.3 is 6.09 Å². The number of aryl methyl sites for hydroxylation is 1. The molecule has 0 radical (unpaired) electrons. The maximum atomic E-state index is 12.4. The van der Waals surface area contributed by atoms with Crippen molar-refractivity contribution in [2.75, 3.05) is 25.0 Å². The second-order valence-electron chi connectivity index (χ2n) is 7.88. The standard InChI is InChI=1S/C20H30N2O2/c1-5-16-17-9-12-22(19(23)24-20(2,3)4)11-8-14(17)13-15-7-6-10-21-18(15)16/h13,21H,5-12H2,1-4H3. The molecule has 2 heterocycles. The van der Waals surface area contributed by atoms with E-state index in [4.69, 9.17) is 4.74 Å². The summed E-state index contributed by atoms with van der Waals surface area (Å²) in [6.45, 7) is 10.6. The SMILES string of the molecule is CCc1c2c(cc3c1NCCC3)CCN(C(=O)OC(C)(C)C)CC2.